The third kappa shape index (κ3) is 3.45. The smallest absolute Gasteiger partial charge is 0.255 e. The highest BCUT2D eigenvalue weighted by Crippen LogP contribution is 2.28. The lowest BCUT2D eigenvalue weighted by Crippen LogP contribution is -2.28. The molecule has 0 aliphatic heterocycles. The number of allylic oxidation sites excluding steroid dienone is 1. The minimum absolute atomic E-state index is 0.117. The van der Waals surface area contributed by atoms with Gasteiger partial charge >= 0.3 is 0 Å². The van der Waals surface area contributed by atoms with Crippen molar-refractivity contribution in [1.29, 1.82) is 0 Å². The Hall–Kier alpha value is -3.07. The van der Waals surface area contributed by atoms with Crippen LogP contribution in [0.2, 0.25) is 0 Å². The van der Waals surface area contributed by atoms with Gasteiger partial charge in [-0.3, -0.25) is 4.79 Å². The lowest BCUT2D eigenvalue weighted by atomic mass is 9.92. The molecule has 1 aromatic heterocycles. The topological polar surface area (TPSA) is 31.2 Å². The normalized spacial score (nSPS) is 13.0. The van der Waals surface area contributed by atoms with Crippen LogP contribution in [-0.2, 0) is 13.0 Å². The summed E-state index contributed by atoms with van der Waals surface area (Å²) in [6.07, 6.45) is 3.92. The highest BCUT2D eigenvalue weighted by molar-refractivity contribution is 5.68. The standard InChI is InChI=1S/C24H23NO2/c1-17-8-13-22-20(14-17)15-23(19-9-11-21(27-2)12-10-19)25(24(22)26)16-18-6-4-3-5-7-18/h3-7,9-12,14-15H,8,13,16H2,1-2H3. The number of ether oxygens (including phenoxy) is 1. The van der Waals surface area contributed by atoms with E-state index >= 15 is 0 Å². The first-order chi connectivity index (χ1) is 13.2. The molecule has 0 unspecified atom stereocenters. The summed E-state index contributed by atoms with van der Waals surface area (Å²) in [5.41, 5.74) is 6.50. The van der Waals surface area contributed by atoms with Crippen LogP contribution >= 0.6 is 0 Å². The van der Waals surface area contributed by atoms with Gasteiger partial charge in [-0.25, -0.2) is 0 Å². The SMILES string of the molecule is COc1ccc(-c2cc3c(c(=O)n2Cc2ccccc2)CCC(C)=C3)cc1. The Balaban J connectivity index is 1.90. The highest BCUT2D eigenvalue weighted by atomic mass is 16.5. The van der Waals surface area contributed by atoms with Crippen molar-refractivity contribution in [2.24, 2.45) is 0 Å². The van der Waals surface area contributed by atoms with Crippen LogP contribution in [0.4, 0.5) is 0 Å². The predicted molar refractivity (Wildman–Crippen MR) is 110 cm³/mol. The molecule has 27 heavy (non-hydrogen) atoms. The third-order valence-corrected chi connectivity index (χ3v) is 5.18. The largest absolute Gasteiger partial charge is 0.497 e. The number of hydrogen-bond acceptors (Lipinski definition) is 2. The molecule has 0 atom stereocenters. The number of rotatable bonds is 4. The van der Waals surface area contributed by atoms with Gasteiger partial charge in [-0.2, -0.15) is 0 Å². The summed E-state index contributed by atoms with van der Waals surface area (Å²) in [5.74, 6) is 0.810. The van der Waals surface area contributed by atoms with E-state index in [1.54, 1.807) is 7.11 Å². The quantitative estimate of drug-likeness (QED) is 0.663. The Labute approximate surface area is 159 Å². The molecule has 0 amide bonds. The zero-order valence-electron chi connectivity index (χ0n) is 15.7. The summed E-state index contributed by atoms with van der Waals surface area (Å²) >= 11 is 0. The number of hydrogen-bond donors (Lipinski definition) is 0. The van der Waals surface area contributed by atoms with Crippen molar-refractivity contribution in [3.63, 3.8) is 0 Å². The van der Waals surface area contributed by atoms with E-state index in [0.717, 1.165) is 46.5 Å². The average molecular weight is 357 g/mol. The van der Waals surface area contributed by atoms with Crippen molar-refractivity contribution in [3.05, 3.63) is 93.3 Å². The first-order valence-corrected chi connectivity index (χ1v) is 9.28. The molecule has 0 N–H and O–H groups in total. The lowest BCUT2D eigenvalue weighted by Gasteiger charge is -2.20. The molecule has 136 valence electrons. The maximum atomic E-state index is 13.4. The fraction of sp³-hybridized carbons (Fsp3) is 0.208. The van der Waals surface area contributed by atoms with Crippen LogP contribution < -0.4 is 10.3 Å². The van der Waals surface area contributed by atoms with Crippen molar-refractivity contribution in [2.45, 2.75) is 26.3 Å². The van der Waals surface area contributed by atoms with Gasteiger partial charge in [0.1, 0.15) is 5.75 Å². The van der Waals surface area contributed by atoms with Crippen LogP contribution in [0.1, 0.15) is 30.0 Å². The van der Waals surface area contributed by atoms with Gasteiger partial charge in [0.2, 0.25) is 0 Å². The van der Waals surface area contributed by atoms with Gasteiger partial charge in [-0.05, 0) is 66.8 Å². The van der Waals surface area contributed by atoms with Gasteiger partial charge in [0.15, 0.2) is 0 Å². The Morgan fingerprint density at radius 2 is 1.74 bits per heavy atom. The molecule has 1 aliphatic carbocycles. The van der Waals surface area contributed by atoms with E-state index in [0.29, 0.717) is 6.54 Å². The second kappa shape index (κ2) is 7.28. The molecule has 0 radical (unpaired) electrons. The molecule has 0 saturated carbocycles. The summed E-state index contributed by atoms with van der Waals surface area (Å²) in [6.45, 7) is 2.70. The molecule has 1 heterocycles. The molecule has 3 nitrogen and oxygen atoms in total. The molecule has 0 spiro atoms. The Morgan fingerprint density at radius 3 is 2.44 bits per heavy atom. The Kier molecular flexibility index (Phi) is 4.68. The van der Waals surface area contributed by atoms with Crippen LogP contribution in [0.5, 0.6) is 5.75 Å². The maximum absolute atomic E-state index is 13.4. The monoisotopic (exact) mass is 357 g/mol. The van der Waals surface area contributed by atoms with Crippen LogP contribution in [0.25, 0.3) is 17.3 Å². The molecule has 0 bridgehead atoms. The summed E-state index contributed by atoms with van der Waals surface area (Å²) in [4.78, 5) is 13.4. The van der Waals surface area contributed by atoms with Gasteiger partial charge in [-0.1, -0.05) is 42.0 Å². The molecule has 0 fully saturated rings. The highest BCUT2D eigenvalue weighted by Gasteiger charge is 2.18. The van der Waals surface area contributed by atoms with Gasteiger partial charge in [0.05, 0.1) is 19.3 Å². The summed E-state index contributed by atoms with van der Waals surface area (Å²) in [5, 5.41) is 0. The Morgan fingerprint density at radius 1 is 1.00 bits per heavy atom. The summed E-state index contributed by atoms with van der Waals surface area (Å²) in [6, 6.07) is 20.2. The fourth-order valence-electron chi connectivity index (χ4n) is 3.67. The van der Waals surface area contributed by atoms with Crippen LogP contribution in [0, 0.1) is 0 Å². The van der Waals surface area contributed by atoms with E-state index in [2.05, 4.69) is 31.2 Å². The van der Waals surface area contributed by atoms with Gasteiger partial charge in [-0.15, -0.1) is 0 Å². The van der Waals surface area contributed by atoms with Gasteiger partial charge in [0.25, 0.3) is 5.56 Å². The molecular formula is C24H23NO2. The number of pyridine rings is 1. The molecule has 3 aromatic rings. The number of nitrogens with zero attached hydrogens (tertiary/aromatic N) is 1. The molecule has 1 aliphatic rings. The fourth-order valence-corrected chi connectivity index (χ4v) is 3.67. The number of methoxy groups -OCH3 is 1. The van der Waals surface area contributed by atoms with Crippen LogP contribution in [0.3, 0.4) is 0 Å². The van der Waals surface area contributed by atoms with Crippen molar-refractivity contribution in [1.82, 2.24) is 4.57 Å². The second-order valence-corrected chi connectivity index (χ2v) is 7.06. The lowest BCUT2D eigenvalue weighted by molar-refractivity contribution is 0.415. The van der Waals surface area contributed by atoms with Crippen molar-refractivity contribution < 1.29 is 4.74 Å². The molecular weight excluding hydrogens is 334 g/mol. The second-order valence-electron chi connectivity index (χ2n) is 7.06. The van der Waals surface area contributed by atoms with E-state index in [9.17, 15) is 4.79 Å². The van der Waals surface area contributed by atoms with E-state index in [1.165, 1.54) is 5.57 Å². The van der Waals surface area contributed by atoms with Crippen molar-refractivity contribution in [2.75, 3.05) is 7.11 Å². The first-order valence-electron chi connectivity index (χ1n) is 9.28. The first kappa shape index (κ1) is 17.3. The zero-order valence-corrected chi connectivity index (χ0v) is 15.7. The van der Waals surface area contributed by atoms with E-state index in [-0.39, 0.29) is 5.56 Å². The zero-order chi connectivity index (χ0) is 18.8. The van der Waals surface area contributed by atoms with E-state index in [1.807, 2.05) is 47.0 Å². The minimum atomic E-state index is 0.117. The number of aromatic nitrogens is 1. The molecule has 4 rings (SSSR count). The van der Waals surface area contributed by atoms with E-state index < -0.39 is 0 Å². The van der Waals surface area contributed by atoms with E-state index in [4.69, 9.17) is 4.74 Å². The predicted octanol–water partition coefficient (Wildman–Crippen LogP) is 4.92. The maximum Gasteiger partial charge on any atom is 0.255 e. The van der Waals surface area contributed by atoms with Gasteiger partial charge in [0, 0.05) is 5.56 Å². The average Bonchev–Trinajstić information content (AvgIpc) is 2.70. The van der Waals surface area contributed by atoms with Crippen molar-refractivity contribution >= 4 is 6.08 Å². The summed E-state index contributed by atoms with van der Waals surface area (Å²) < 4.78 is 7.19. The summed E-state index contributed by atoms with van der Waals surface area (Å²) in [7, 11) is 1.66. The van der Waals surface area contributed by atoms with Crippen LogP contribution in [0.15, 0.2) is 71.0 Å². The minimum Gasteiger partial charge on any atom is -0.497 e. The molecule has 2 aromatic carbocycles. The molecule has 0 saturated heterocycles. The number of benzene rings is 2. The van der Waals surface area contributed by atoms with Gasteiger partial charge < -0.3 is 9.30 Å². The molecule has 3 heteroatoms. The Bertz CT molecular complexity index is 1040. The number of fused-ring (bicyclic) bond motifs is 1. The van der Waals surface area contributed by atoms with Crippen molar-refractivity contribution in [3.8, 4) is 17.0 Å². The van der Waals surface area contributed by atoms with Crippen LogP contribution in [-0.4, -0.2) is 11.7 Å². The third-order valence-electron chi connectivity index (χ3n) is 5.18.